The third-order valence-corrected chi connectivity index (χ3v) is 4.17. The standard InChI is InChI=1S/C13H22N4O3S/c1-9(2)7-17-13(18)8-16-11-5-4-10(14)6-12(11)21(19,20)15-3/h4-6,9,15-16H,7-8,14H2,1-3H3,(H,17,18). The summed E-state index contributed by atoms with van der Waals surface area (Å²) < 4.78 is 26.1. The molecular formula is C13H22N4O3S. The van der Waals surface area contributed by atoms with Gasteiger partial charge in [0.2, 0.25) is 15.9 Å². The summed E-state index contributed by atoms with van der Waals surface area (Å²) in [4.78, 5) is 11.7. The highest BCUT2D eigenvalue weighted by Crippen LogP contribution is 2.23. The number of rotatable bonds is 7. The summed E-state index contributed by atoms with van der Waals surface area (Å²) in [6.45, 7) is 4.54. The van der Waals surface area contributed by atoms with Gasteiger partial charge < -0.3 is 16.4 Å². The van der Waals surface area contributed by atoms with Gasteiger partial charge in [-0.25, -0.2) is 13.1 Å². The lowest BCUT2D eigenvalue weighted by Crippen LogP contribution is -2.33. The van der Waals surface area contributed by atoms with Crippen molar-refractivity contribution in [2.45, 2.75) is 18.7 Å². The molecule has 5 N–H and O–H groups in total. The van der Waals surface area contributed by atoms with E-state index < -0.39 is 10.0 Å². The second-order valence-corrected chi connectivity index (χ2v) is 6.87. The fraction of sp³-hybridized carbons (Fsp3) is 0.462. The second-order valence-electron chi connectivity index (χ2n) is 5.01. The Hall–Kier alpha value is -1.80. The smallest absolute Gasteiger partial charge is 0.242 e. The highest BCUT2D eigenvalue weighted by Gasteiger charge is 2.17. The number of benzene rings is 1. The number of anilines is 2. The van der Waals surface area contributed by atoms with Crippen LogP contribution in [0.5, 0.6) is 0 Å². The van der Waals surface area contributed by atoms with Crippen LogP contribution in [0.4, 0.5) is 11.4 Å². The summed E-state index contributed by atoms with van der Waals surface area (Å²) in [6, 6.07) is 4.46. The summed E-state index contributed by atoms with van der Waals surface area (Å²) in [7, 11) is -2.33. The van der Waals surface area contributed by atoms with Crippen LogP contribution in [0.2, 0.25) is 0 Å². The average molecular weight is 314 g/mol. The molecule has 0 heterocycles. The van der Waals surface area contributed by atoms with Crippen molar-refractivity contribution in [3.8, 4) is 0 Å². The molecule has 0 bridgehead atoms. The van der Waals surface area contributed by atoms with Gasteiger partial charge >= 0.3 is 0 Å². The number of amides is 1. The fourth-order valence-corrected chi connectivity index (χ4v) is 2.51. The molecule has 0 aliphatic rings. The highest BCUT2D eigenvalue weighted by molar-refractivity contribution is 7.89. The lowest BCUT2D eigenvalue weighted by molar-refractivity contribution is -0.119. The number of nitrogens with two attached hydrogens (primary N) is 1. The first-order valence-corrected chi connectivity index (χ1v) is 8.08. The number of nitrogen functional groups attached to an aromatic ring is 1. The lowest BCUT2D eigenvalue weighted by atomic mass is 10.2. The molecule has 8 heteroatoms. The number of hydrogen-bond donors (Lipinski definition) is 4. The largest absolute Gasteiger partial charge is 0.399 e. The third kappa shape index (κ3) is 5.24. The third-order valence-electron chi connectivity index (χ3n) is 2.71. The molecule has 0 aliphatic heterocycles. The van der Waals surface area contributed by atoms with Crippen LogP contribution < -0.4 is 21.1 Å². The summed E-state index contributed by atoms with van der Waals surface area (Å²) in [6.07, 6.45) is 0. The number of nitrogens with one attached hydrogen (secondary N) is 3. The Morgan fingerprint density at radius 2 is 2.00 bits per heavy atom. The minimum atomic E-state index is -3.65. The van der Waals surface area contributed by atoms with Gasteiger partial charge in [-0.2, -0.15) is 0 Å². The molecule has 21 heavy (non-hydrogen) atoms. The van der Waals surface area contributed by atoms with Crippen molar-refractivity contribution in [1.29, 1.82) is 0 Å². The van der Waals surface area contributed by atoms with E-state index in [1.54, 1.807) is 6.07 Å². The molecular weight excluding hydrogens is 292 g/mol. The monoisotopic (exact) mass is 314 g/mol. The Morgan fingerprint density at radius 3 is 2.57 bits per heavy atom. The number of hydrogen-bond acceptors (Lipinski definition) is 5. The zero-order chi connectivity index (χ0) is 16.0. The van der Waals surface area contributed by atoms with Gasteiger partial charge in [0.05, 0.1) is 12.2 Å². The van der Waals surface area contributed by atoms with Crippen LogP contribution in [0.15, 0.2) is 23.1 Å². The fourth-order valence-electron chi connectivity index (χ4n) is 1.57. The zero-order valence-electron chi connectivity index (χ0n) is 12.4. The van der Waals surface area contributed by atoms with Gasteiger partial charge in [-0.05, 0) is 31.2 Å². The normalized spacial score (nSPS) is 11.4. The Bertz CT molecular complexity index is 599. The van der Waals surface area contributed by atoms with Gasteiger partial charge in [0.25, 0.3) is 0 Å². The minimum Gasteiger partial charge on any atom is -0.399 e. The average Bonchev–Trinajstić information content (AvgIpc) is 2.43. The van der Waals surface area contributed by atoms with Gasteiger partial charge in [-0.3, -0.25) is 4.79 Å². The van der Waals surface area contributed by atoms with Crippen molar-refractivity contribution in [1.82, 2.24) is 10.0 Å². The maximum atomic E-state index is 11.9. The molecule has 0 aliphatic carbocycles. The highest BCUT2D eigenvalue weighted by atomic mass is 32.2. The Kier molecular flexibility index (Phi) is 5.98. The molecule has 0 saturated heterocycles. The van der Waals surface area contributed by atoms with Crippen molar-refractivity contribution in [2.75, 3.05) is 31.2 Å². The first kappa shape index (κ1) is 17.3. The summed E-state index contributed by atoms with van der Waals surface area (Å²) in [5, 5.41) is 5.56. The van der Waals surface area contributed by atoms with E-state index in [9.17, 15) is 13.2 Å². The predicted octanol–water partition coefficient (Wildman–Crippen LogP) is 0.361. The quantitative estimate of drug-likeness (QED) is 0.543. The number of carbonyl (C=O) groups excluding carboxylic acids is 1. The van der Waals surface area contributed by atoms with Gasteiger partial charge in [-0.15, -0.1) is 0 Å². The molecule has 1 amide bonds. The summed E-state index contributed by atoms with van der Waals surface area (Å²) in [5.41, 5.74) is 6.28. The first-order chi connectivity index (χ1) is 9.76. The lowest BCUT2D eigenvalue weighted by Gasteiger charge is -2.13. The molecule has 7 nitrogen and oxygen atoms in total. The van der Waals surface area contributed by atoms with Crippen LogP contribution in [-0.2, 0) is 14.8 Å². The molecule has 0 saturated carbocycles. The van der Waals surface area contributed by atoms with E-state index in [0.717, 1.165) is 0 Å². The van der Waals surface area contributed by atoms with E-state index in [-0.39, 0.29) is 17.3 Å². The van der Waals surface area contributed by atoms with E-state index in [2.05, 4.69) is 15.4 Å². The van der Waals surface area contributed by atoms with E-state index >= 15 is 0 Å². The zero-order valence-corrected chi connectivity index (χ0v) is 13.3. The molecule has 1 rings (SSSR count). The Morgan fingerprint density at radius 1 is 1.33 bits per heavy atom. The maximum absolute atomic E-state index is 11.9. The minimum absolute atomic E-state index is 0.0110. The van der Waals surface area contributed by atoms with Crippen molar-refractivity contribution in [3.05, 3.63) is 18.2 Å². The van der Waals surface area contributed by atoms with Gasteiger partial charge in [0.1, 0.15) is 4.90 Å². The van der Waals surface area contributed by atoms with E-state index in [1.165, 1.54) is 19.2 Å². The molecule has 0 aromatic heterocycles. The van der Waals surface area contributed by atoms with Crippen molar-refractivity contribution >= 4 is 27.3 Å². The van der Waals surface area contributed by atoms with E-state index in [4.69, 9.17) is 5.73 Å². The van der Waals surface area contributed by atoms with Crippen LogP contribution >= 0.6 is 0 Å². The Balaban J connectivity index is 2.82. The van der Waals surface area contributed by atoms with Crippen molar-refractivity contribution in [2.24, 2.45) is 5.92 Å². The first-order valence-electron chi connectivity index (χ1n) is 6.60. The maximum Gasteiger partial charge on any atom is 0.242 e. The number of carbonyl (C=O) groups is 1. The summed E-state index contributed by atoms with van der Waals surface area (Å²) in [5.74, 6) is 0.152. The molecule has 118 valence electrons. The van der Waals surface area contributed by atoms with E-state index in [1.807, 2.05) is 13.8 Å². The molecule has 0 spiro atoms. The predicted molar refractivity (Wildman–Crippen MR) is 83.4 cm³/mol. The SMILES string of the molecule is CNS(=O)(=O)c1cc(N)ccc1NCC(=O)NCC(C)C. The second kappa shape index (κ2) is 7.28. The molecule has 1 aromatic carbocycles. The van der Waals surface area contributed by atoms with Crippen LogP contribution in [-0.4, -0.2) is 34.5 Å². The van der Waals surface area contributed by atoms with Crippen LogP contribution in [0.1, 0.15) is 13.8 Å². The molecule has 0 atom stereocenters. The van der Waals surface area contributed by atoms with Gasteiger partial charge in [0.15, 0.2) is 0 Å². The van der Waals surface area contributed by atoms with Gasteiger partial charge in [0, 0.05) is 12.2 Å². The molecule has 0 radical (unpaired) electrons. The van der Waals surface area contributed by atoms with Crippen LogP contribution in [0.3, 0.4) is 0 Å². The van der Waals surface area contributed by atoms with Crippen LogP contribution in [0, 0.1) is 5.92 Å². The topological polar surface area (TPSA) is 113 Å². The van der Waals surface area contributed by atoms with Crippen molar-refractivity contribution in [3.63, 3.8) is 0 Å². The number of sulfonamides is 1. The van der Waals surface area contributed by atoms with Gasteiger partial charge in [-0.1, -0.05) is 13.8 Å². The summed E-state index contributed by atoms with van der Waals surface area (Å²) >= 11 is 0. The van der Waals surface area contributed by atoms with Crippen LogP contribution in [0.25, 0.3) is 0 Å². The van der Waals surface area contributed by atoms with E-state index in [0.29, 0.717) is 23.8 Å². The van der Waals surface area contributed by atoms with Crippen molar-refractivity contribution < 1.29 is 13.2 Å². The molecule has 0 unspecified atom stereocenters. The molecule has 1 aromatic rings. The Labute approximate surface area is 125 Å². The molecule has 0 fully saturated rings.